The molecule has 2 aromatic carbocycles. The van der Waals surface area contributed by atoms with E-state index in [4.69, 9.17) is 16.3 Å². The van der Waals surface area contributed by atoms with Crippen molar-refractivity contribution in [2.45, 2.75) is 6.10 Å². The zero-order chi connectivity index (χ0) is 17.5. The summed E-state index contributed by atoms with van der Waals surface area (Å²) in [4.78, 5) is 25.8. The highest BCUT2D eigenvalue weighted by molar-refractivity contribution is 6.30. The minimum atomic E-state index is -0.974. The number of benzene rings is 2. The first-order valence-corrected chi connectivity index (χ1v) is 7.75. The van der Waals surface area contributed by atoms with Crippen LogP contribution in [0.25, 0.3) is 6.08 Å². The summed E-state index contributed by atoms with van der Waals surface area (Å²) < 4.78 is 5.36. The molecule has 0 N–H and O–H groups in total. The molecule has 2 aromatic rings. The number of carbonyl (C=O) groups is 2. The molecule has 1 amide bonds. The second-order valence-corrected chi connectivity index (χ2v) is 5.79. The summed E-state index contributed by atoms with van der Waals surface area (Å²) in [6.45, 7) is 0. The van der Waals surface area contributed by atoms with Gasteiger partial charge in [-0.05, 0) is 23.8 Å². The van der Waals surface area contributed by atoms with E-state index in [-0.39, 0.29) is 5.91 Å². The number of rotatable bonds is 5. The van der Waals surface area contributed by atoms with Crippen LogP contribution in [0.1, 0.15) is 17.2 Å². The first kappa shape index (κ1) is 17.8. The molecule has 0 aliphatic rings. The van der Waals surface area contributed by atoms with Crippen molar-refractivity contribution in [1.82, 2.24) is 4.90 Å². The van der Waals surface area contributed by atoms with Crippen molar-refractivity contribution in [3.8, 4) is 0 Å². The number of hydrogen-bond acceptors (Lipinski definition) is 3. The van der Waals surface area contributed by atoms with Gasteiger partial charge in [0.2, 0.25) is 6.10 Å². The van der Waals surface area contributed by atoms with Crippen LogP contribution in [0.4, 0.5) is 0 Å². The normalized spacial score (nSPS) is 12.0. The van der Waals surface area contributed by atoms with E-state index in [1.54, 1.807) is 62.6 Å². The number of halogens is 1. The quantitative estimate of drug-likeness (QED) is 0.614. The summed E-state index contributed by atoms with van der Waals surface area (Å²) in [5.74, 6) is -0.898. The molecule has 0 aliphatic heterocycles. The highest BCUT2D eigenvalue weighted by Gasteiger charge is 2.25. The Morgan fingerprint density at radius 2 is 1.79 bits per heavy atom. The van der Waals surface area contributed by atoms with E-state index in [0.717, 1.165) is 5.56 Å². The Bertz CT molecular complexity index is 741. The molecule has 0 radical (unpaired) electrons. The fourth-order valence-electron chi connectivity index (χ4n) is 2.05. The van der Waals surface area contributed by atoms with E-state index in [1.807, 2.05) is 12.1 Å². The van der Waals surface area contributed by atoms with E-state index in [1.165, 1.54) is 11.0 Å². The van der Waals surface area contributed by atoms with E-state index >= 15 is 0 Å². The minimum absolute atomic E-state index is 0.300. The van der Waals surface area contributed by atoms with Crippen molar-refractivity contribution in [3.63, 3.8) is 0 Å². The predicted octanol–water partition coefficient (Wildman–Crippen LogP) is 3.73. The van der Waals surface area contributed by atoms with Gasteiger partial charge >= 0.3 is 5.97 Å². The zero-order valence-electron chi connectivity index (χ0n) is 13.5. The van der Waals surface area contributed by atoms with Gasteiger partial charge in [0.05, 0.1) is 0 Å². The Kier molecular flexibility index (Phi) is 6.15. The van der Waals surface area contributed by atoms with Crippen LogP contribution in [0.15, 0.2) is 60.7 Å². The zero-order valence-corrected chi connectivity index (χ0v) is 14.2. The number of carbonyl (C=O) groups excluding carboxylic acids is 2. The van der Waals surface area contributed by atoms with Crippen molar-refractivity contribution in [3.05, 3.63) is 76.8 Å². The van der Waals surface area contributed by atoms with Crippen molar-refractivity contribution in [2.75, 3.05) is 14.1 Å². The SMILES string of the molecule is CN(C)C(=O)[C@H](OC(=O)/C=C/c1cccc(Cl)c1)c1ccccc1. The van der Waals surface area contributed by atoms with Gasteiger partial charge in [-0.2, -0.15) is 0 Å². The third-order valence-electron chi connectivity index (χ3n) is 3.26. The summed E-state index contributed by atoms with van der Waals surface area (Å²) in [7, 11) is 3.24. The Morgan fingerprint density at radius 3 is 2.42 bits per heavy atom. The van der Waals surface area contributed by atoms with Gasteiger partial charge in [-0.3, -0.25) is 4.79 Å². The average Bonchev–Trinajstić information content (AvgIpc) is 2.58. The fraction of sp³-hybridized carbons (Fsp3) is 0.158. The third kappa shape index (κ3) is 4.96. The van der Waals surface area contributed by atoms with Gasteiger partial charge in [0.15, 0.2) is 0 Å². The van der Waals surface area contributed by atoms with E-state index in [0.29, 0.717) is 10.6 Å². The molecule has 24 heavy (non-hydrogen) atoms. The Balaban J connectivity index is 2.14. The molecule has 0 spiro atoms. The highest BCUT2D eigenvalue weighted by Crippen LogP contribution is 2.20. The molecule has 0 bridgehead atoms. The largest absolute Gasteiger partial charge is 0.444 e. The summed E-state index contributed by atoms with van der Waals surface area (Å²) in [6.07, 6.45) is 1.90. The van der Waals surface area contributed by atoms with Crippen LogP contribution in [0, 0.1) is 0 Å². The molecule has 2 rings (SSSR count). The lowest BCUT2D eigenvalue weighted by molar-refractivity contribution is -0.155. The molecule has 0 heterocycles. The maximum atomic E-state index is 12.3. The van der Waals surface area contributed by atoms with Crippen LogP contribution in [-0.2, 0) is 14.3 Å². The molecule has 5 heteroatoms. The van der Waals surface area contributed by atoms with Gasteiger partial charge in [-0.15, -0.1) is 0 Å². The first-order valence-electron chi connectivity index (χ1n) is 7.38. The maximum Gasteiger partial charge on any atom is 0.331 e. The van der Waals surface area contributed by atoms with Crippen molar-refractivity contribution >= 4 is 29.6 Å². The molecule has 0 fully saturated rings. The van der Waals surface area contributed by atoms with Crippen LogP contribution >= 0.6 is 11.6 Å². The van der Waals surface area contributed by atoms with Crippen LogP contribution in [0.5, 0.6) is 0 Å². The van der Waals surface area contributed by atoms with Gasteiger partial charge in [0, 0.05) is 30.8 Å². The summed E-state index contributed by atoms with van der Waals surface area (Å²) in [5, 5.41) is 0.579. The number of amides is 1. The van der Waals surface area contributed by atoms with E-state index < -0.39 is 12.1 Å². The molecule has 1 atom stereocenters. The van der Waals surface area contributed by atoms with Gasteiger partial charge in [-0.25, -0.2) is 4.79 Å². The highest BCUT2D eigenvalue weighted by atomic mass is 35.5. The lowest BCUT2D eigenvalue weighted by atomic mass is 10.1. The van der Waals surface area contributed by atoms with Crippen molar-refractivity contribution in [1.29, 1.82) is 0 Å². The average molecular weight is 344 g/mol. The second kappa shape index (κ2) is 8.31. The van der Waals surface area contributed by atoms with Crippen molar-refractivity contribution in [2.24, 2.45) is 0 Å². The summed E-state index contributed by atoms with van der Waals surface area (Å²) >= 11 is 5.90. The van der Waals surface area contributed by atoms with Crippen LogP contribution in [0.3, 0.4) is 0 Å². The Hall–Kier alpha value is -2.59. The molecule has 0 saturated carbocycles. The summed E-state index contributed by atoms with van der Waals surface area (Å²) in [5.41, 5.74) is 1.40. The molecular weight excluding hydrogens is 326 g/mol. The monoisotopic (exact) mass is 343 g/mol. The standard InChI is InChI=1S/C19H18ClNO3/c1-21(2)19(23)18(15-8-4-3-5-9-15)24-17(22)12-11-14-7-6-10-16(20)13-14/h3-13,18H,1-2H3/b12-11+/t18-/m1/s1. The van der Waals surface area contributed by atoms with Crippen LogP contribution < -0.4 is 0 Å². The van der Waals surface area contributed by atoms with Gasteiger partial charge < -0.3 is 9.64 Å². The molecule has 124 valence electrons. The molecule has 0 aliphatic carbocycles. The molecule has 4 nitrogen and oxygen atoms in total. The topological polar surface area (TPSA) is 46.6 Å². The van der Waals surface area contributed by atoms with Gasteiger partial charge in [-0.1, -0.05) is 54.1 Å². The lowest BCUT2D eigenvalue weighted by Gasteiger charge is -2.20. The molecular formula is C19H18ClNO3. The molecule has 0 unspecified atom stereocenters. The Morgan fingerprint density at radius 1 is 1.08 bits per heavy atom. The van der Waals surface area contributed by atoms with E-state index in [2.05, 4.69) is 0 Å². The lowest BCUT2D eigenvalue weighted by Crippen LogP contribution is -2.30. The van der Waals surface area contributed by atoms with Crippen LogP contribution in [-0.4, -0.2) is 30.9 Å². The predicted molar refractivity (Wildman–Crippen MR) is 94.5 cm³/mol. The molecule has 0 aromatic heterocycles. The minimum Gasteiger partial charge on any atom is -0.444 e. The first-order chi connectivity index (χ1) is 11.5. The number of hydrogen-bond donors (Lipinski definition) is 0. The van der Waals surface area contributed by atoms with Gasteiger partial charge in [0.25, 0.3) is 5.91 Å². The smallest absolute Gasteiger partial charge is 0.331 e. The number of likely N-dealkylation sites (N-methyl/N-ethyl adjacent to an activating group) is 1. The van der Waals surface area contributed by atoms with Crippen molar-refractivity contribution < 1.29 is 14.3 Å². The number of ether oxygens (including phenoxy) is 1. The third-order valence-corrected chi connectivity index (χ3v) is 3.50. The Labute approximate surface area is 146 Å². The van der Waals surface area contributed by atoms with E-state index in [9.17, 15) is 9.59 Å². The number of nitrogens with zero attached hydrogens (tertiary/aromatic N) is 1. The second-order valence-electron chi connectivity index (χ2n) is 5.35. The van der Waals surface area contributed by atoms with Gasteiger partial charge in [0.1, 0.15) is 0 Å². The van der Waals surface area contributed by atoms with Crippen LogP contribution in [0.2, 0.25) is 5.02 Å². The maximum absolute atomic E-state index is 12.3. The molecule has 0 saturated heterocycles. The fourth-order valence-corrected chi connectivity index (χ4v) is 2.25. The summed E-state index contributed by atoms with van der Waals surface area (Å²) in [6, 6.07) is 16.0. The number of esters is 1.